The minimum absolute atomic E-state index is 0.0242. The maximum atomic E-state index is 12.4. The number of imidazole rings is 1. The number of benzene rings is 3. The zero-order chi connectivity index (χ0) is 24.8. The third-order valence-electron chi connectivity index (χ3n) is 5.59. The number of carbonyl (C=O) groups excluding carboxylic acids is 1. The second-order valence-corrected chi connectivity index (χ2v) is 8.92. The minimum Gasteiger partial charge on any atom is -0.755 e. The molecule has 4 rings (SSSR count). The van der Waals surface area contributed by atoms with Gasteiger partial charge in [0.15, 0.2) is 0 Å². The molecule has 0 spiro atoms. The number of amides is 1. The SMILES string of the molecule is CCc1nc(-c2ccccc2)cn1-c1ccc(CCN(C(=O)Oc2ccc(C)cc2)S(=O)[O-])cc1. The van der Waals surface area contributed by atoms with E-state index in [1.807, 2.05) is 67.7 Å². The first-order valence-electron chi connectivity index (χ1n) is 11.3. The van der Waals surface area contributed by atoms with Crippen molar-refractivity contribution in [1.82, 2.24) is 13.9 Å². The van der Waals surface area contributed by atoms with E-state index in [1.54, 1.807) is 24.3 Å². The summed E-state index contributed by atoms with van der Waals surface area (Å²) in [6, 6.07) is 24.6. The van der Waals surface area contributed by atoms with Gasteiger partial charge in [0.1, 0.15) is 11.6 Å². The fourth-order valence-corrected chi connectivity index (χ4v) is 4.08. The van der Waals surface area contributed by atoms with Crippen molar-refractivity contribution in [1.29, 1.82) is 0 Å². The molecule has 0 saturated heterocycles. The van der Waals surface area contributed by atoms with E-state index in [2.05, 4.69) is 11.5 Å². The monoisotopic (exact) mass is 488 g/mol. The molecule has 180 valence electrons. The van der Waals surface area contributed by atoms with Crippen molar-refractivity contribution in [2.75, 3.05) is 6.54 Å². The molecule has 1 atom stereocenters. The molecule has 0 aliphatic rings. The van der Waals surface area contributed by atoms with E-state index in [0.717, 1.165) is 40.3 Å². The number of ether oxygens (including phenoxy) is 1. The third kappa shape index (κ3) is 6.03. The predicted molar refractivity (Wildman–Crippen MR) is 135 cm³/mol. The molecule has 3 aromatic carbocycles. The average Bonchev–Trinajstić information content (AvgIpc) is 3.31. The molecule has 0 saturated carbocycles. The Labute approximate surface area is 207 Å². The Morgan fingerprint density at radius 3 is 2.34 bits per heavy atom. The number of carbonyl (C=O) groups is 1. The summed E-state index contributed by atoms with van der Waals surface area (Å²) >= 11 is -2.74. The molecular formula is C27H26N3O4S-. The van der Waals surface area contributed by atoms with Crippen LogP contribution in [-0.2, 0) is 24.1 Å². The van der Waals surface area contributed by atoms with Crippen LogP contribution in [0.5, 0.6) is 5.75 Å². The van der Waals surface area contributed by atoms with Crippen LogP contribution in [0.1, 0.15) is 23.9 Å². The summed E-state index contributed by atoms with van der Waals surface area (Å²) in [6.45, 7) is 3.95. The molecule has 0 aliphatic heterocycles. The van der Waals surface area contributed by atoms with Gasteiger partial charge in [-0.05, 0) is 43.2 Å². The molecule has 0 fully saturated rings. The molecule has 1 aromatic heterocycles. The molecule has 1 amide bonds. The first kappa shape index (κ1) is 24.4. The van der Waals surface area contributed by atoms with Gasteiger partial charge in [-0.2, -0.15) is 0 Å². The summed E-state index contributed by atoms with van der Waals surface area (Å²) in [5.74, 6) is 1.24. The Balaban J connectivity index is 1.44. The Bertz CT molecular complexity index is 1300. The highest BCUT2D eigenvalue weighted by Crippen LogP contribution is 2.22. The summed E-state index contributed by atoms with van der Waals surface area (Å²) in [6.07, 6.45) is 2.23. The third-order valence-corrected chi connectivity index (χ3v) is 6.28. The highest BCUT2D eigenvalue weighted by Gasteiger charge is 2.17. The van der Waals surface area contributed by atoms with E-state index < -0.39 is 17.4 Å². The molecule has 7 nitrogen and oxygen atoms in total. The van der Waals surface area contributed by atoms with E-state index in [1.165, 1.54) is 0 Å². The molecule has 1 heterocycles. The van der Waals surface area contributed by atoms with E-state index in [-0.39, 0.29) is 6.54 Å². The Kier molecular flexibility index (Phi) is 7.74. The molecule has 0 N–H and O–H groups in total. The topological polar surface area (TPSA) is 87.5 Å². The van der Waals surface area contributed by atoms with E-state index in [9.17, 15) is 13.6 Å². The first-order valence-corrected chi connectivity index (χ1v) is 12.4. The molecule has 1 unspecified atom stereocenters. The van der Waals surface area contributed by atoms with Gasteiger partial charge in [-0.15, -0.1) is 0 Å². The normalized spacial score (nSPS) is 11.7. The number of rotatable bonds is 8. The molecule has 4 aromatic rings. The zero-order valence-corrected chi connectivity index (χ0v) is 20.4. The number of nitrogens with zero attached hydrogens (tertiary/aromatic N) is 3. The van der Waals surface area contributed by atoms with Crippen molar-refractivity contribution in [3.63, 3.8) is 0 Å². The van der Waals surface area contributed by atoms with Gasteiger partial charge in [0.05, 0.1) is 17.0 Å². The zero-order valence-electron chi connectivity index (χ0n) is 19.6. The highest BCUT2D eigenvalue weighted by molar-refractivity contribution is 7.77. The van der Waals surface area contributed by atoms with Gasteiger partial charge in [0.25, 0.3) is 0 Å². The van der Waals surface area contributed by atoms with Gasteiger partial charge in [-0.3, -0.25) is 4.21 Å². The van der Waals surface area contributed by atoms with Gasteiger partial charge in [-0.25, -0.2) is 14.1 Å². The molecule has 0 aliphatic carbocycles. The second kappa shape index (κ2) is 11.1. The number of hydrogen-bond donors (Lipinski definition) is 0. The van der Waals surface area contributed by atoms with Gasteiger partial charge in [0, 0.05) is 30.4 Å². The second-order valence-electron chi connectivity index (χ2n) is 8.05. The maximum absolute atomic E-state index is 12.4. The lowest BCUT2D eigenvalue weighted by molar-refractivity contribution is 0.178. The van der Waals surface area contributed by atoms with Crippen LogP contribution in [0, 0.1) is 6.92 Å². The number of aryl methyl sites for hydroxylation is 2. The molecule has 8 heteroatoms. The number of hydrogen-bond acceptors (Lipinski definition) is 5. The van der Waals surface area contributed by atoms with Gasteiger partial charge >= 0.3 is 6.09 Å². The van der Waals surface area contributed by atoms with Crippen LogP contribution in [0.3, 0.4) is 0 Å². The molecular weight excluding hydrogens is 462 g/mol. The van der Waals surface area contributed by atoms with Crippen LogP contribution in [0.2, 0.25) is 0 Å². The van der Waals surface area contributed by atoms with Crippen LogP contribution < -0.4 is 4.74 Å². The minimum atomic E-state index is -2.74. The predicted octanol–water partition coefficient (Wildman–Crippen LogP) is 5.25. The lowest BCUT2D eigenvalue weighted by Crippen LogP contribution is -2.36. The van der Waals surface area contributed by atoms with Gasteiger partial charge in [-0.1, -0.05) is 67.1 Å². The number of aromatic nitrogens is 2. The van der Waals surface area contributed by atoms with E-state index in [0.29, 0.717) is 16.5 Å². The van der Waals surface area contributed by atoms with Crippen LogP contribution in [0.15, 0.2) is 85.1 Å². The molecule has 35 heavy (non-hydrogen) atoms. The summed E-state index contributed by atoms with van der Waals surface area (Å²) in [4.78, 5) is 17.2. The Morgan fingerprint density at radius 2 is 1.71 bits per heavy atom. The summed E-state index contributed by atoms with van der Waals surface area (Å²) in [5.41, 5.74) is 4.83. The van der Waals surface area contributed by atoms with Crippen LogP contribution in [0.4, 0.5) is 4.79 Å². The van der Waals surface area contributed by atoms with E-state index >= 15 is 0 Å². The average molecular weight is 489 g/mol. The Hall–Kier alpha value is -3.75. The highest BCUT2D eigenvalue weighted by atomic mass is 32.2. The molecule has 0 bridgehead atoms. The lowest BCUT2D eigenvalue weighted by Gasteiger charge is -2.23. The van der Waals surface area contributed by atoms with Crippen LogP contribution in [-0.4, -0.2) is 35.3 Å². The molecule has 0 radical (unpaired) electrons. The van der Waals surface area contributed by atoms with Crippen molar-refractivity contribution >= 4 is 17.4 Å². The van der Waals surface area contributed by atoms with Crippen molar-refractivity contribution in [2.45, 2.75) is 26.7 Å². The summed E-state index contributed by atoms with van der Waals surface area (Å²) in [7, 11) is 0. The smallest absolute Gasteiger partial charge is 0.426 e. The van der Waals surface area contributed by atoms with Crippen molar-refractivity contribution < 1.29 is 18.3 Å². The summed E-state index contributed by atoms with van der Waals surface area (Å²) < 4.78 is 31.3. The van der Waals surface area contributed by atoms with Crippen LogP contribution in [0.25, 0.3) is 16.9 Å². The largest absolute Gasteiger partial charge is 0.755 e. The standard InChI is InChI=1S/C27H27N3O4S/c1-3-26-28-25(22-7-5-4-6-8-22)19-29(26)23-13-11-21(12-14-23)17-18-30(35(32)33)27(31)34-24-15-9-20(2)10-16-24/h4-16,19H,3,17-18H2,1-2H3,(H,32,33)/p-1. The van der Waals surface area contributed by atoms with Gasteiger partial charge < -0.3 is 13.9 Å². The first-order chi connectivity index (χ1) is 16.9. The maximum Gasteiger partial charge on any atom is 0.426 e. The van der Waals surface area contributed by atoms with Crippen LogP contribution >= 0.6 is 0 Å². The van der Waals surface area contributed by atoms with Gasteiger partial charge in [0.2, 0.25) is 0 Å². The van der Waals surface area contributed by atoms with Crippen molar-refractivity contribution in [3.8, 4) is 22.7 Å². The van der Waals surface area contributed by atoms with E-state index in [4.69, 9.17) is 9.72 Å². The summed E-state index contributed by atoms with van der Waals surface area (Å²) in [5, 5.41) is 0. The fraction of sp³-hybridized carbons (Fsp3) is 0.185. The quantitative estimate of drug-likeness (QED) is 0.316. The van der Waals surface area contributed by atoms with Crippen molar-refractivity contribution in [2.24, 2.45) is 0 Å². The lowest BCUT2D eigenvalue weighted by atomic mass is 10.1. The van der Waals surface area contributed by atoms with Crippen molar-refractivity contribution in [3.05, 3.63) is 102 Å². The Morgan fingerprint density at radius 1 is 1.03 bits per heavy atom. The fourth-order valence-electron chi connectivity index (χ4n) is 3.68.